The summed E-state index contributed by atoms with van der Waals surface area (Å²) in [5, 5.41) is 0. The van der Waals surface area contributed by atoms with Crippen molar-refractivity contribution >= 4 is 0 Å². The van der Waals surface area contributed by atoms with Crippen LogP contribution in [0, 0.1) is 5.92 Å². The third-order valence-electron chi connectivity index (χ3n) is 1.98. The van der Waals surface area contributed by atoms with Gasteiger partial charge < -0.3 is 0 Å². The van der Waals surface area contributed by atoms with Gasteiger partial charge in [0.15, 0.2) is 0 Å². The van der Waals surface area contributed by atoms with Crippen LogP contribution in [0.2, 0.25) is 0 Å². The first-order valence-electron chi connectivity index (χ1n) is 3.47. The molecule has 0 amide bonds. The van der Waals surface area contributed by atoms with Gasteiger partial charge in [0.2, 0.25) is 0 Å². The van der Waals surface area contributed by atoms with Crippen molar-refractivity contribution in [3.05, 3.63) is 11.6 Å². The predicted molar refractivity (Wildman–Crippen MR) is 36.8 cm³/mol. The topological polar surface area (TPSA) is 0 Å². The first kappa shape index (κ1) is 5.87. The molecule has 0 aliphatic heterocycles. The lowest BCUT2D eigenvalue weighted by atomic mass is 10.1. The van der Waals surface area contributed by atoms with Crippen LogP contribution in [0.1, 0.15) is 33.1 Å². The fourth-order valence-electron chi connectivity index (χ4n) is 1.35. The highest BCUT2D eigenvalue weighted by atomic mass is 14.2. The minimum atomic E-state index is 0.959. The summed E-state index contributed by atoms with van der Waals surface area (Å²) in [5.74, 6) is 0.959. The maximum atomic E-state index is 2.33. The first-order chi connectivity index (χ1) is 3.83. The second-order valence-corrected chi connectivity index (χ2v) is 2.79. The molecule has 1 rings (SSSR count). The summed E-state index contributed by atoms with van der Waals surface area (Å²) < 4.78 is 0. The standard InChI is InChI=1S/C8H14/c1-3-8-5-4-7(2)6-8/h3,7H,4-6H2,1-2H3/b8-3-/t7-/m1/s1. The van der Waals surface area contributed by atoms with Crippen molar-refractivity contribution < 1.29 is 0 Å². The average molecular weight is 110 g/mol. The van der Waals surface area contributed by atoms with E-state index in [9.17, 15) is 0 Å². The fraction of sp³-hybridized carbons (Fsp3) is 0.750. The maximum absolute atomic E-state index is 2.33. The molecule has 0 heteroatoms. The van der Waals surface area contributed by atoms with Gasteiger partial charge in [-0.15, -0.1) is 0 Å². The minimum Gasteiger partial charge on any atom is -0.0884 e. The summed E-state index contributed by atoms with van der Waals surface area (Å²) >= 11 is 0. The summed E-state index contributed by atoms with van der Waals surface area (Å²) in [7, 11) is 0. The van der Waals surface area contributed by atoms with Crippen LogP contribution in [0.3, 0.4) is 0 Å². The van der Waals surface area contributed by atoms with E-state index in [4.69, 9.17) is 0 Å². The smallest absolute Gasteiger partial charge is 0.0294 e. The normalized spacial score (nSPS) is 34.2. The van der Waals surface area contributed by atoms with Gasteiger partial charge in [0.05, 0.1) is 0 Å². The Kier molecular flexibility index (Phi) is 1.72. The van der Waals surface area contributed by atoms with Gasteiger partial charge in [0, 0.05) is 0 Å². The van der Waals surface area contributed by atoms with Crippen molar-refractivity contribution in [3.63, 3.8) is 0 Å². The largest absolute Gasteiger partial charge is 0.0884 e. The molecular weight excluding hydrogens is 96.1 g/mol. The van der Waals surface area contributed by atoms with Gasteiger partial charge in [-0.3, -0.25) is 0 Å². The zero-order chi connectivity index (χ0) is 5.98. The van der Waals surface area contributed by atoms with E-state index in [0.29, 0.717) is 0 Å². The molecule has 0 aromatic heterocycles. The van der Waals surface area contributed by atoms with Gasteiger partial charge in [-0.2, -0.15) is 0 Å². The van der Waals surface area contributed by atoms with Crippen molar-refractivity contribution in [1.82, 2.24) is 0 Å². The van der Waals surface area contributed by atoms with Crippen molar-refractivity contribution in [1.29, 1.82) is 0 Å². The zero-order valence-corrected chi connectivity index (χ0v) is 5.78. The second-order valence-electron chi connectivity index (χ2n) is 2.79. The number of allylic oxidation sites excluding steroid dienone is 2. The average Bonchev–Trinajstić information content (AvgIpc) is 2.14. The van der Waals surface area contributed by atoms with Gasteiger partial charge in [-0.05, 0) is 32.1 Å². The Balaban J connectivity index is 2.44. The molecule has 1 aliphatic carbocycles. The van der Waals surface area contributed by atoms with Crippen LogP contribution < -0.4 is 0 Å². The maximum Gasteiger partial charge on any atom is -0.0294 e. The Labute approximate surface area is 51.6 Å². The Bertz CT molecular complexity index is 101. The Morgan fingerprint density at radius 2 is 2.38 bits per heavy atom. The Hall–Kier alpha value is -0.260. The van der Waals surface area contributed by atoms with Crippen LogP contribution in [0.4, 0.5) is 0 Å². The van der Waals surface area contributed by atoms with Crippen molar-refractivity contribution in [2.45, 2.75) is 33.1 Å². The lowest BCUT2D eigenvalue weighted by Crippen LogP contribution is -1.79. The second kappa shape index (κ2) is 2.34. The molecule has 0 heterocycles. The Morgan fingerprint density at radius 1 is 1.62 bits per heavy atom. The van der Waals surface area contributed by atoms with E-state index in [0.717, 1.165) is 5.92 Å². The van der Waals surface area contributed by atoms with E-state index >= 15 is 0 Å². The molecular formula is C8H14. The van der Waals surface area contributed by atoms with Crippen molar-refractivity contribution in [2.24, 2.45) is 5.92 Å². The van der Waals surface area contributed by atoms with E-state index in [-0.39, 0.29) is 0 Å². The molecule has 0 bridgehead atoms. The van der Waals surface area contributed by atoms with Crippen LogP contribution >= 0.6 is 0 Å². The van der Waals surface area contributed by atoms with E-state index in [2.05, 4.69) is 19.9 Å². The van der Waals surface area contributed by atoms with Crippen molar-refractivity contribution in [2.75, 3.05) is 0 Å². The number of rotatable bonds is 0. The van der Waals surface area contributed by atoms with E-state index in [1.165, 1.54) is 19.3 Å². The molecule has 0 aromatic rings. The molecule has 1 atom stereocenters. The monoisotopic (exact) mass is 110 g/mol. The van der Waals surface area contributed by atoms with Crippen molar-refractivity contribution in [3.8, 4) is 0 Å². The van der Waals surface area contributed by atoms with Crippen LogP contribution in [0.25, 0.3) is 0 Å². The third kappa shape index (κ3) is 1.12. The quantitative estimate of drug-likeness (QED) is 0.420. The van der Waals surface area contributed by atoms with E-state index in [1.807, 2.05) is 0 Å². The predicted octanol–water partition coefficient (Wildman–Crippen LogP) is 2.75. The SMILES string of the molecule is C/C=C1/CC[C@@H](C)C1. The van der Waals surface area contributed by atoms with Crippen LogP contribution in [-0.2, 0) is 0 Å². The third-order valence-corrected chi connectivity index (χ3v) is 1.98. The molecule has 46 valence electrons. The lowest BCUT2D eigenvalue weighted by molar-refractivity contribution is 0.620. The molecule has 0 spiro atoms. The fourth-order valence-corrected chi connectivity index (χ4v) is 1.35. The van der Waals surface area contributed by atoms with E-state index in [1.54, 1.807) is 5.57 Å². The molecule has 0 nitrogen and oxygen atoms in total. The molecule has 0 N–H and O–H groups in total. The zero-order valence-electron chi connectivity index (χ0n) is 5.78. The molecule has 0 radical (unpaired) electrons. The lowest BCUT2D eigenvalue weighted by Gasteiger charge is -1.93. The molecule has 0 saturated heterocycles. The summed E-state index contributed by atoms with van der Waals surface area (Å²) in [5.41, 5.74) is 1.66. The Morgan fingerprint density at radius 3 is 2.62 bits per heavy atom. The molecule has 8 heavy (non-hydrogen) atoms. The van der Waals surface area contributed by atoms with Gasteiger partial charge in [-0.25, -0.2) is 0 Å². The summed E-state index contributed by atoms with van der Waals surface area (Å²) in [6, 6.07) is 0. The molecule has 0 aromatic carbocycles. The molecule has 0 unspecified atom stereocenters. The summed E-state index contributed by atoms with van der Waals surface area (Å²) in [4.78, 5) is 0. The summed E-state index contributed by atoms with van der Waals surface area (Å²) in [6.45, 7) is 4.48. The minimum absolute atomic E-state index is 0.959. The number of hydrogen-bond acceptors (Lipinski definition) is 0. The summed E-state index contributed by atoms with van der Waals surface area (Å²) in [6.07, 6.45) is 6.40. The molecule has 1 aliphatic rings. The van der Waals surface area contributed by atoms with Crippen LogP contribution in [0.15, 0.2) is 11.6 Å². The van der Waals surface area contributed by atoms with Gasteiger partial charge in [0.1, 0.15) is 0 Å². The van der Waals surface area contributed by atoms with E-state index < -0.39 is 0 Å². The van der Waals surface area contributed by atoms with Crippen LogP contribution in [0.5, 0.6) is 0 Å². The number of hydrogen-bond donors (Lipinski definition) is 0. The molecule has 1 fully saturated rings. The first-order valence-corrected chi connectivity index (χ1v) is 3.47. The highest BCUT2D eigenvalue weighted by Gasteiger charge is 2.12. The van der Waals surface area contributed by atoms with Gasteiger partial charge in [0.25, 0.3) is 0 Å². The highest BCUT2D eigenvalue weighted by molar-refractivity contribution is 5.05. The van der Waals surface area contributed by atoms with Gasteiger partial charge in [-0.1, -0.05) is 18.6 Å². The highest BCUT2D eigenvalue weighted by Crippen LogP contribution is 2.28. The molecule has 1 saturated carbocycles. The van der Waals surface area contributed by atoms with Crippen LogP contribution in [-0.4, -0.2) is 0 Å². The van der Waals surface area contributed by atoms with Gasteiger partial charge >= 0.3 is 0 Å².